The number of thiol groups is 1. The van der Waals surface area contributed by atoms with Gasteiger partial charge in [0.1, 0.15) is 5.82 Å². The van der Waals surface area contributed by atoms with Crippen LogP contribution < -0.4 is 5.73 Å². The first-order valence-corrected chi connectivity index (χ1v) is 4.27. The van der Waals surface area contributed by atoms with E-state index in [0.29, 0.717) is 5.82 Å². The first-order valence-electron chi connectivity index (χ1n) is 3.64. The van der Waals surface area contributed by atoms with Crippen molar-refractivity contribution in [3.8, 4) is 11.8 Å². The fraction of sp³-hybridized carbons (Fsp3) is 0.222. The second-order valence-electron chi connectivity index (χ2n) is 2.25. The predicted molar refractivity (Wildman–Crippen MR) is 54.0 cm³/mol. The van der Waals surface area contributed by atoms with E-state index in [2.05, 4.69) is 29.5 Å². The Balaban J connectivity index is 2.66. The molecule has 0 fully saturated rings. The molecule has 0 bridgehead atoms. The second-order valence-corrected chi connectivity index (χ2v) is 2.69. The second kappa shape index (κ2) is 4.68. The van der Waals surface area contributed by atoms with Gasteiger partial charge in [-0.1, -0.05) is 11.8 Å². The van der Waals surface area contributed by atoms with Crippen LogP contribution in [0.1, 0.15) is 12.0 Å². The Hall–Kier alpha value is -1.14. The normalized spacial score (nSPS) is 8.75. The van der Waals surface area contributed by atoms with Crippen LogP contribution in [0.5, 0.6) is 0 Å². The van der Waals surface area contributed by atoms with Gasteiger partial charge in [-0.15, -0.1) is 0 Å². The van der Waals surface area contributed by atoms with E-state index in [4.69, 9.17) is 5.73 Å². The third kappa shape index (κ3) is 2.85. The summed E-state index contributed by atoms with van der Waals surface area (Å²) in [6.07, 6.45) is 2.47. The monoisotopic (exact) mass is 178 g/mol. The molecule has 0 unspecified atom stereocenters. The molecule has 0 spiro atoms. The molecule has 1 rings (SSSR count). The Kier molecular flexibility index (Phi) is 3.49. The minimum absolute atomic E-state index is 0.523. The highest BCUT2D eigenvalue weighted by Gasteiger charge is 1.86. The van der Waals surface area contributed by atoms with Crippen LogP contribution in [0.25, 0.3) is 0 Å². The lowest BCUT2D eigenvalue weighted by molar-refractivity contribution is 1.30. The average molecular weight is 178 g/mol. The SMILES string of the molecule is Nc1ccc(C#CCCS)cn1. The third-order valence-electron chi connectivity index (χ3n) is 1.26. The lowest BCUT2D eigenvalue weighted by Crippen LogP contribution is -1.88. The van der Waals surface area contributed by atoms with Crippen molar-refractivity contribution in [2.24, 2.45) is 0 Å². The van der Waals surface area contributed by atoms with Gasteiger partial charge in [0.2, 0.25) is 0 Å². The molecular formula is C9H10N2S. The van der Waals surface area contributed by atoms with Crippen molar-refractivity contribution in [2.75, 3.05) is 11.5 Å². The number of nitrogens with zero attached hydrogens (tertiary/aromatic N) is 1. The van der Waals surface area contributed by atoms with E-state index < -0.39 is 0 Å². The van der Waals surface area contributed by atoms with Crippen molar-refractivity contribution in [3.63, 3.8) is 0 Å². The summed E-state index contributed by atoms with van der Waals surface area (Å²) in [5, 5.41) is 0. The average Bonchev–Trinajstić information content (AvgIpc) is 2.09. The fourth-order valence-electron chi connectivity index (χ4n) is 0.700. The summed E-state index contributed by atoms with van der Waals surface area (Å²) >= 11 is 4.05. The van der Waals surface area contributed by atoms with Crippen LogP contribution in [0.15, 0.2) is 18.3 Å². The van der Waals surface area contributed by atoms with Crippen LogP contribution in [-0.2, 0) is 0 Å². The highest BCUT2D eigenvalue weighted by Crippen LogP contribution is 1.98. The van der Waals surface area contributed by atoms with E-state index in [1.807, 2.05) is 6.07 Å². The summed E-state index contributed by atoms with van der Waals surface area (Å²) in [5.41, 5.74) is 6.30. The molecule has 1 heterocycles. The zero-order valence-corrected chi connectivity index (χ0v) is 7.51. The Labute approximate surface area is 77.6 Å². The maximum atomic E-state index is 5.41. The molecule has 0 saturated carbocycles. The highest BCUT2D eigenvalue weighted by atomic mass is 32.1. The molecule has 1 aromatic rings. The number of nitrogens with two attached hydrogens (primary N) is 1. The van der Waals surface area contributed by atoms with Crippen LogP contribution in [-0.4, -0.2) is 10.7 Å². The van der Waals surface area contributed by atoms with E-state index in [9.17, 15) is 0 Å². The standard InChI is InChI=1S/C9H10N2S/c10-9-5-4-8(7-11-9)3-1-2-6-12/h4-5,7,12H,2,6H2,(H2,10,11). The molecule has 0 radical (unpaired) electrons. The number of hydrogen-bond donors (Lipinski definition) is 2. The van der Waals surface area contributed by atoms with Crippen LogP contribution in [0.2, 0.25) is 0 Å². The summed E-state index contributed by atoms with van der Waals surface area (Å²) in [6.45, 7) is 0. The predicted octanol–water partition coefficient (Wildman–Crippen LogP) is 1.34. The van der Waals surface area contributed by atoms with Crippen molar-refractivity contribution >= 4 is 18.4 Å². The van der Waals surface area contributed by atoms with Gasteiger partial charge in [-0.3, -0.25) is 0 Å². The van der Waals surface area contributed by atoms with E-state index in [-0.39, 0.29) is 0 Å². The number of aromatic nitrogens is 1. The lowest BCUT2D eigenvalue weighted by Gasteiger charge is -1.90. The van der Waals surface area contributed by atoms with Crippen LogP contribution >= 0.6 is 12.6 Å². The smallest absolute Gasteiger partial charge is 0.123 e. The lowest BCUT2D eigenvalue weighted by atomic mass is 10.3. The third-order valence-corrected chi connectivity index (χ3v) is 1.48. The molecule has 12 heavy (non-hydrogen) atoms. The maximum absolute atomic E-state index is 5.41. The van der Waals surface area contributed by atoms with Gasteiger partial charge >= 0.3 is 0 Å². The van der Waals surface area contributed by atoms with E-state index in [1.165, 1.54) is 0 Å². The molecule has 2 N–H and O–H groups in total. The molecular weight excluding hydrogens is 168 g/mol. The molecule has 62 valence electrons. The van der Waals surface area contributed by atoms with Crippen molar-refractivity contribution < 1.29 is 0 Å². The zero-order chi connectivity index (χ0) is 8.81. The molecule has 0 aromatic carbocycles. The zero-order valence-electron chi connectivity index (χ0n) is 6.62. The Morgan fingerprint density at radius 1 is 1.50 bits per heavy atom. The first kappa shape index (κ1) is 8.95. The van der Waals surface area contributed by atoms with Gasteiger partial charge in [0, 0.05) is 23.9 Å². The molecule has 0 saturated heterocycles. The van der Waals surface area contributed by atoms with E-state index >= 15 is 0 Å². The van der Waals surface area contributed by atoms with Crippen LogP contribution in [0.3, 0.4) is 0 Å². The molecule has 0 aliphatic carbocycles. The Bertz CT molecular complexity index is 295. The van der Waals surface area contributed by atoms with E-state index in [0.717, 1.165) is 17.7 Å². The summed E-state index contributed by atoms with van der Waals surface area (Å²) < 4.78 is 0. The summed E-state index contributed by atoms with van der Waals surface area (Å²) in [6, 6.07) is 3.60. The van der Waals surface area contributed by atoms with Gasteiger partial charge in [0.05, 0.1) is 0 Å². The summed E-state index contributed by atoms with van der Waals surface area (Å²) in [4.78, 5) is 3.91. The van der Waals surface area contributed by atoms with Gasteiger partial charge in [-0.05, 0) is 12.1 Å². The number of hydrogen-bond acceptors (Lipinski definition) is 3. The van der Waals surface area contributed by atoms with Crippen molar-refractivity contribution in [2.45, 2.75) is 6.42 Å². The molecule has 0 aliphatic rings. The van der Waals surface area contributed by atoms with Crippen molar-refractivity contribution in [1.82, 2.24) is 4.98 Å². The Morgan fingerprint density at radius 3 is 2.92 bits per heavy atom. The number of rotatable bonds is 1. The molecule has 3 heteroatoms. The quantitative estimate of drug-likeness (QED) is 0.503. The Morgan fingerprint density at radius 2 is 2.33 bits per heavy atom. The minimum Gasteiger partial charge on any atom is -0.384 e. The fourth-order valence-corrected chi connectivity index (χ4v) is 0.812. The van der Waals surface area contributed by atoms with Gasteiger partial charge in [0.25, 0.3) is 0 Å². The summed E-state index contributed by atoms with van der Waals surface area (Å²) in [5.74, 6) is 7.23. The van der Waals surface area contributed by atoms with Crippen LogP contribution in [0.4, 0.5) is 5.82 Å². The number of anilines is 1. The van der Waals surface area contributed by atoms with Crippen molar-refractivity contribution in [3.05, 3.63) is 23.9 Å². The van der Waals surface area contributed by atoms with Crippen LogP contribution in [0, 0.1) is 11.8 Å². The molecule has 2 nitrogen and oxygen atoms in total. The van der Waals surface area contributed by atoms with Gasteiger partial charge < -0.3 is 5.73 Å². The molecule has 0 aliphatic heterocycles. The number of nitrogen functional groups attached to an aromatic ring is 1. The van der Waals surface area contributed by atoms with E-state index in [1.54, 1.807) is 12.3 Å². The minimum atomic E-state index is 0.523. The highest BCUT2D eigenvalue weighted by molar-refractivity contribution is 7.80. The summed E-state index contributed by atoms with van der Waals surface area (Å²) in [7, 11) is 0. The topological polar surface area (TPSA) is 38.9 Å². The van der Waals surface area contributed by atoms with Gasteiger partial charge in [0.15, 0.2) is 0 Å². The molecule has 0 amide bonds. The molecule has 0 atom stereocenters. The van der Waals surface area contributed by atoms with Gasteiger partial charge in [-0.25, -0.2) is 4.98 Å². The number of pyridine rings is 1. The molecule has 1 aromatic heterocycles. The maximum Gasteiger partial charge on any atom is 0.123 e. The largest absolute Gasteiger partial charge is 0.384 e. The first-order chi connectivity index (χ1) is 5.83. The van der Waals surface area contributed by atoms with Crippen molar-refractivity contribution in [1.29, 1.82) is 0 Å². The van der Waals surface area contributed by atoms with Gasteiger partial charge in [-0.2, -0.15) is 12.6 Å².